The molecular formula is C14H13IO. The van der Waals surface area contributed by atoms with Crippen molar-refractivity contribution in [3.05, 3.63) is 65.7 Å². The van der Waals surface area contributed by atoms with Crippen LogP contribution < -0.4 is 0 Å². The molecule has 1 unspecified atom stereocenters. The summed E-state index contributed by atoms with van der Waals surface area (Å²) in [5.41, 5.74) is 2.46. The van der Waals surface area contributed by atoms with E-state index in [4.69, 9.17) is 0 Å². The molecule has 1 atom stereocenters. The first kappa shape index (κ1) is 11.5. The van der Waals surface area contributed by atoms with Gasteiger partial charge in [-0.05, 0) is 30.2 Å². The molecule has 2 aromatic carbocycles. The summed E-state index contributed by atoms with van der Waals surface area (Å²) in [6.07, 6.45) is 0. The second kappa shape index (κ2) is 4.45. The van der Waals surface area contributed by atoms with E-state index in [9.17, 15) is 5.11 Å². The molecule has 2 aromatic rings. The van der Waals surface area contributed by atoms with Crippen molar-refractivity contribution in [2.45, 2.75) is 10.3 Å². The fourth-order valence-electron chi connectivity index (χ4n) is 1.69. The lowest BCUT2D eigenvalue weighted by Gasteiger charge is -2.23. The van der Waals surface area contributed by atoms with E-state index in [1.54, 1.807) is 12.1 Å². The molecule has 0 aliphatic rings. The van der Waals surface area contributed by atoms with Crippen molar-refractivity contribution < 1.29 is 5.11 Å². The number of rotatable bonds is 2. The largest absolute Gasteiger partial charge is 0.508 e. The second-order valence-electron chi connectivity index (χ2n) is 3.92. The van der Waals surface area contributed by atoms with E-state index in [0.29, 0.717) is 5.75 Å². The van der Waals surface area contributed by atoms with Crippen LogP contribution in [0.2, 0.25) is 0 Å². The van der Waals surface area contributed by atoms with Gasteiger partial charge in [-0.1, -0.05) is 65.1 Å². The van der Waals surface area contributed by atoms with Gasteiger partial charge in [-0.15, -0.1) is 0 Å². The van der Waals surface area contributed by atoms with Gasteiger partial charge in [0.15, 0.2) is 0 Å². The van der Waals surface area contributed by atoms with E-state index < -0.39 is 0 Å². The molecule has 0 fully saturated rings. The van der Waals surface area contributed by atoms with Crippen molar-refractivity contribution in [1.82, 2.24) is 0 Å². The molecular weight excluding hydrogens is 311 g/mol. The van der Waals surface area contributed by atoms with Crippen LogP contribution in [0, 0.1) is 0 Å². The highest BCUT2D eigenvalue weighted by Crippen LogP contribution is 2.38. The number of aromatic hydroxyl groups is 1. The summed E-state index contributed by atoms with van der Waals surface area (Å²) in [4.78, 5) is 0. The van der Waals surface area contributed by atoms with Gasteiger partial charge in [0.05, 0.1) is 3.42 Å². The lowest BCUT2D eigenvalue weighted by molar-refractivity contribution is 0.475. The Balaban J connectivity index is 2.43. The Hall–Kier alpha value is -1.03. The van der Waals surface area contributed by atoms with Gasteiger partial charge in [-0.25, -0.2) is 0 Å². The molecule has 0 radical (unpaired) electrons. The first-order chi connectivity index (χ1) is 7.60. The van der Waals surface area contributed by atoms with Crippen molar-refractivity contribution in [1.29, 1.82) is 0 Å². The van der Waals surface area contributed by atoms with Gasteiger partial charge in [0.25, 0.3) is 0 Å². The highest BCUT2D eigenvalue weighted by atomic mass is 127. The minimum atomic E-state index is -0.0628. The molecule has 0 spiro atoms. The zero-order valence-electron chi connectivity index (χ0n) is 9.02. The Morgan fingerprint density at radius 2 is 1.38 bits per heavy atom. The molecule has 0 saturated carbocycles. The summed E-state index contributed by atoms with van der Waals surface area (Å²) in [5, 5.41) is 9.29. The highest BCUT2D eigenvalue weighted by molar-refractivity contribution is 14.1. The molecule has 0 aliphatic heterocycles. The van der Waals surface area contributed by atoms with E-state index in [1.807, 2.05) is 30.3 Å². The van der Waals surface area contributed by atoms with Crippen molar-refractivity contribution in [3.8, 4) is 5.75 Å². The third-order valence-electron chi connectivity index (χ3n) is 2.73. The van der Waals surface area contributed by atoms with Crippen LogP contribution in [-0.2, 0) is 3.42 Å². The van der Waals surface area contributed by atoms with Crippen LogP contribution in [0.25, 0.3) is 0 Å². The maximum absolute atomic E-state index is 9.29. The van der Waals surface area contributed by atoms with Crippen LogP contribution in [-0.4, -0.2) is 5.11 Å². The number of phenolic OH excluding ortho intramolecular Hbond substituents is 1. The van der Waals surface area contributed by atoms with E-state index in [-0.39, 0.29) is 3.42 Å². The van der Waals surface area contributed by atoms with Crippen molar-refractivity contribution in [2.75, 3.05) is 0 Å². The monoisotopic (exact) mass is 324 g/mol. The van der Waals surface area contributed by atoms with Crippen molar-refractivity contribution in [2.24, 2.45) is 0 Å². The molecule has 16 heavy (non-hydrogen) atoms. The Morgan fingerprint density at radius 1 is 0.875 bits per heavy atom. The SMILES string of the molecule is CC(I)(c1ccccc1)c1ccc(O)cc1. The van der Waals surface area contributed by atoms with Crippen LogP contribution in [0.15, 0.2) is 54.6 Å². The van der Waals surface area contributed by atoms with Crippen LogP contribution in [0.3, 0.4) is 0 Å². The van der Waals surface area contributed by atoms with E-state index >= 15 is 0 Å². The van der Waals surface area contributed by atoms with Gasteiger partial charge >= 0.3 is 0 Å². The van der Waals surface area contributed by atoms with Crippen LogP contribution in [0.4, 0.5) is 0 Å². The zero-order chi connectivity index (χ0) is 11.6. The topological polar surface area (TPSA) is 20.2 Å². The molecule has 2 rings (SSSR count). The smallest absolute Gasteiger partial charge is 0.115 e. The number of benzene rings is 2. The molecule has 2 heteroatoms. The fraction of sp³-hybridized carbons (Fsp3) is 0.143. The van der Waals surface area contributed by atoms with Crippen molar-refractivity contribution in [3.63, 3.8) is 0 Å². The molecule has 0 aromatic heterocycles. The first-order valence-electron chi connectivity index (χ1n) is 5.14. The lowest BCUT2D eigenvalue weighted by atomic mass is 9.93. The van der Waals surface area contributed by atoms with E-state index in [2.05, 4.69) is 41.6 Å². The third-order valence-corrected chi connectivity index (χ3v) is 3.97. The number of hydrogen-bond acceptors (Lipinski definition) is 1. The first-order valence-corrected chi connectivity index (χ1v) is 6.22. The van der Waals surface area contributed by atoms with Gasteiger partial charge in [0.1, 0.15) is 5.75 Å². The number of alkyl halides is 1. The average Bonchev–Trinajstić information content (AvgIpc) is 2.31. The summed E-state index contributed by atoms with van der Waals surface area (Å²) >= 11 is 2.44. The molecule has 82 valence electrons. The average molecular weight is 324 g/mol. The third kappa shape index (κ3) is 2.21. The summed E-state index contributed by atoms with van der Waals surface area (Å²) in [6, 6.07) is 17.8. The highest BCUT2D eigenvalue weighted by Gasteiger charge is 2.24. The molecule has 0 aliphatic carbocycles. The normalized spacial score (nSPS) is 14.4. The van der Waals surface area contributed by atoms with Crippen LogP contribution in [0.5, 0.6) is 5.75 Å². The summed E-state index contributed by atoms with van der Waals surface area (Å²) in [5.74, 6) is 0.309. The Bertz CT molecular complexity index is 460. The lowest BCUT2D eigenvalue weighted by Crippen LogP contribution is -2.14. The minimum absolute atomic E-state index is 0.0628. The summed E-state index contributed by atoms with van der Waals surface area (Å²) in [6.45, 7) is 2.18. The minimum Gasteiger partial charge on any atom is -0.508 e. The molecule has 0 bridgehead atoms. The predicted octanol–water partition coefficient (Wildman–Crippen LogP) is 4.09. The maximum Gasteiger partial charge on any atom is 0.115 e. The molecule has 1 nitrogen and oxygen atoms in total. The molecule has 0 saturated heterocycles. The summed E-state index contributed by atoms with van der Waals surface area (Å²) < 4.78 is -0.0628. The molecule has 0 amide bonds. The van der Waals surface area contributed by atoms with E-state index in [1.165, 1.54) is 11.1 Å². The predicted molar refractivity (Wildman–Crippen MR) is 75.0 cm³/mol. The van der Waals surface area contributed by atoms with Crippen LogP contribution >= 0.6 is 22.6 Å². The second-order valence-corrected chi connectivity index (χ2v) is 6.07. The number of phenols is 1. The van der Waals surface area contributed by atoms with Crippen LogP contribution in [0.1, 0.15) is 18.1 Å². The fourth-order valence-corrected chi connectivity index (χ4v) is 2.41. The van der Waals surface area contributed by atoms with Gasteiger partial charge in [-0.3, -0.25) is 0 Å². The molecule has 0 heterocycles. The Labute approximate surface area is 109 Å². The zero-order valence-corrected chi connectivity index (χ0v) is 11.2. The number of hydrogen-bond donors (Lipinski definition) is 1. The summed E-state index contributed by atoms with van der Waals surface area (Å²) in [7, 11) is 0. The Morgan fingerprint density at radius 3 is 1.94 bits per heavy atom. The van der Waals surface area contributed by atoms with Gasteiger partial charge in [-0.2, -0.15) is 0 Å². The van der Waals surface area contributed by atoms with Crippen molar-refractivity contribution >= 4 is 22.6 Å². The molecule has 1 N–H and O–H groups in total. The van der Waals surface area contributed by atoms with Gasteiger partial charge in [0, 0.05) is 0 Å². The van der Waals surface area contributed by atoms with Gasteiger partial charge in [0.2, 0.25) is 0 Å². The number of halogens is 1. The quantitative estimate of drug-likeness (QED) is 0.652. The standard InChI is InChI=1S/C14H13IO/c1-14(15,11-5-3-2-4-6-11)12-7-9-13(16)10-8-12/h2-10,16H,1H3. The van der Waals surface area contributed by atoms with E-state index in [0.717, 1.165) is 0 Å². The Kier molecular flexibility index (Phi) is 3.19. The van der Waals surface area contributed by atoms with Gasteiger partial charge < -0.3 is 5.11 Å². The maximum atomic E-state index is 9.29.